The van der Waals surface area contributed by atoms with E-state index >= 15 is 0 Å². The van der Waals surface area contributed by atoms with Gasteiger partial charge in [0.15, 0.2) is 0 Å². The van der Waals surface area contributed by atoms with Crippen LogP contribution in [0.2, 0.25) is 0 Å². The topological polar surface area (TPSA) is 21.3 Å². The van der Waals surface area contributed by atoms with Gasteiger partial charge in [-0.1, -0.05) is 13.0 Å². The predicted octanol–water partition coefficient (Wildman–Crippen LogP) is 3.62. The first kappa shape index (κ1) is 14.9. The molecule has 0 radical (unpaired) electrons. The van der Waals surface area contributed by atoms with E-state index in [1.54, 1.807) is 12.1 Å². The van der Waals surface area contributed by atoms with Gasteiger partial charge in [-0.2, -0.15) is 0 Å². The lowest BCUT2D eigenvalue weighted by Gasteiger charge is -2.15. The predicted molar refractivity (Wildman–Crippen MR) is 69.2 cm³/mol. The maximum atomic E-state index is 13.8. The number of ether oxygens (including phenoxy) is 1. The third-order valence-corrected chi connectivity index (χ3v) is 2.69. The van der Waals surface area contributed by atoms with Crippen LogP contribution in [-0.2, 0) is 0 Å². The second-order valence-corrected chi connectivity index (χ2v) is 4.25. The van der Waals surface area contributed by atoms with Crippen LogP contribution in [0.15, 0.2) is 18.2 Å². The molecule has 0 aliphatic rings. The van der Waals surface area contributed by atoms with Crippen LogP contribution in [0.4, 0.5) is 8.78 Å². The van der Waals surface area contributed by atoms with Crippen molar-refractivity contribution in [1.82, 2.24) is 5.32 Å². The minimum absolute atomic E-state index is 0.0233. The third kappa shape index (κ3) is 4.61. The van der Waals surface area contributed by atoms with Crippen LogP contribution >= 0.6 is 0 Å². The van der Waals surface area contributed by atoms with Gasteiger partial charge in [0.05, 0.1) is 13.3 Å². The third-order valence-electron chi connectivity index (χ3n) is 2.69. The molecule has 0 aliphatic carbocycles. The van der Waals surface area contributed by atoms with Crippen molar-refractivity contribution >= 4 is 0 Å². The lowest BCUT2D eigenvalue weighted by atomic mass is 10.1. The van der Waals surface area contributed by atoms with Crippen LogP contribution in [-0.4, -0.2) is 19.8 Å². The number of benzene rings is 1. The zero-order chi connectivity index (χ0) is 13.4. The summed E-state index contributed by atoms with van der Waals surface area (Å²) in [5.41, 5.74) is 0.626. The highest BCUT2D eigenvalue weighted by molar-refractivity contribution is 5.30. The molecule has 0 fully saturated rings. The maximum absolute atomic E-state index is 13.8. The number of hydrogen-bond donors (Lipinski definition) is 1. The monoisotopic (exact) mass is 257 g/mol. The van der Waals surface area contributed by atoms with Crippen LogP contribution in [0.25, 0.3) is 0 Å². The number of halogens is 2. The lowest BCUT2D eigenvalue weighted by Crippen LogP contribution is -2.20. The minimum Gasteiger partial charge on any atom is -0.493 e. The average molecular weight is 257 g/mol. The minimum atomic E-state index is -0.418. The van der Waals surface area contributed by atoms with E-state index in [9.17, 15) is 8.78 Å². The molecule has 1 atom stereocenters. The Morgan fingerprint density at radius 3 is 2.78 bits per heavy atom. The van der Waals surface area contributed by atoms with Gasteiger partial charge in [0.25, 0.3) is 0 Å². The van der Waals surface area contributed by atoms with Gasteiger partial charge in [0.2, 0.25) is 0 Å². The SMILES string of the molecule is CCCNC(C)c1ccc(OCCCF)cc1F. The summed E-state index contributed by atoms with van der Waals surface area (Å²) in [6.45, 7) is 4.71. The molecule has 18 heavy (non-hydrogen) atoms. The zero-order valence-electron chi connectivity index (χ0n) is 11.0. The largest absolute Gasteiger partial charge is 0.493 e. The van der Waals surface area contributed by atoms with Crippen molar-refractivity contribution in [2.24, 2.45) is 0 Å². The molecule has 1 aromatic carbocycles. The molecule has 0 saturated carbocycles. The van der Waals surface area contributed by atoms with E-state index in [1.165, 1.54) is 6.07 Å². The Hall–Kier alpha value is -1.16. The molecule has 0 aliphatic heterocycles. The summed E-state index contributed by atoms with van der Waals surface area (Å²) in [7, 11) is 0. The summed E-state index contributed by atoms with van der Waals surface area (Å²) >= 11 is 0. The number of alkyl halides is 1. The van der Waals surface area contributed by atoms with Crippen molar-refractivity contribution in [2.75, 3.05) is 19.8 Å². The normalized spacial score (nSPS) is 12.4. The maximum Gasteiger partial charge on any atom is 0.131 e. The van der Waals surface area contributed by atoms with Crippen LogP contribution < -0.4 is 10.1 Å². The lowest BCUT2D eigenvalue weighted by molar-refractivity contribution is 0.288. The quantitative estimate of drug-likeness (QED) is 0.718. The molecular formula is C14H21F2NO. The smallest absolute Gasteiger partial charge is 0.131 e. The van der Waals surface area contributed by atoms with E-state index in [0.29, 0.717) is 17.7 Å². The van der Waals surface area contributed by atoms with Gasteiger partial charge in [0, 0.05) is 24.1 Å². The van der Waals surface area contributed by atoms with Gasteiger partial charge >= 0.3 is 0 Å². The molecule has 0 bridgehead atoms. The molecule has 2 nitrogen and oxygen atoms in total. The second-order valence-electron chi connectivity index (χ2n) is 4.25. The first-order chi connectivity index (χ1) is 8.69. The zero-order valence-corrected chi connectivity index (χ0v) is 11.0. The molecule has 102 valence electrons. The van der Waals surface area contributed by atoms with E-state index < -0.39 is 6.67 Å². The van der Waals surface area contributed by atoms with Crippen molar-refractivity contribution in [1.29, 1.82) is 0 Å². The second kappa shape index (κ2) is 8.03. The van der Waals surface area contributed by atoms with Crippen molar-refractivity contribution in [2.45, 2.75) is 32.7 Å². The Kier molecular flexibility index (Phi) is 6.65. The molecule has 0 amide bonds. The van der Waals surface area contributed by atoms with Gasteiger partial charge in [-0.3, -0.25) is 4.39 Å². The molecule has 1 unspecified atom stereocenters. The summed E-state index contributed by atoms with van der Waals surface area (Å²) in [4.78, 5) is 0. The average Bonchev–Trinajstić information content (AvgIpc) is 2.36. The highest BCUT2D eigenvalue weighted by atomic mass is 19.1. The highest BCUT2D eigenvalue weighted by Gasteiger charge is 2.10. The van der Waals surface area contributed by atoms with Gasteiger partial charge < -0.3 is 10.1 Å². The van der Waals surface area contributed by atoms with Gasteiger partial charge in [0.1, 0.15) is 11.6 Å². The van der Waals surface area contributed by atoms with E-state index in [2.05, 4.69) is 12.2 Å². The molecule has 0 heterocycles. The Labute approximate surface area is 107 Å². The summed E-state index contributed by atoms with van der Waals surface area (Å²) in [6.07, 6.45) is 1.34. The van der Waals surface area contributed by atoms with Crippen LogP contribution in [0, 0.1) is 5.82 Å². The molecular weight excluding hydrogens is 236 g/mol. The Balaban J connectivity index is 2.61. The summed E-state index contributed by atoms with van der Waals surface area (Å²) in [6, 6.07) is 4.77. The number of hydrogen-bond acceptors (Lipinski definition) is 2. The van der Waals surface area contributed by atoms with E-state index in [1.807, 2.05) is 6.92 Å². The Morgan fingerprint density at radius 2 is 2.17 bits per heavy atom. The molecule has 0 aromatic heterocycles. The van der Waals surface area contributed by atoms with Crippen LogP contribution in [0.5, 0.6) is 5.75 Å². The van der Waals surface area contributed by atoms with Gasteiger partial charge in [-0.05, 0) is 26.0 Å². The standard InChI is InChI=1S/C14H21F2NO/c1-3-8-17-11(2)13-6-5-12(10-14(13)16)18-9-4-7-15/h5-6,10-11,17H,3-4,7-9H2,1-2H3. The number of nitrogens with one attached hydrogen (secondary N) is 1. The van der Waals surface area contributed by atoms with Crippen LogP contribution in [0.3, 0.4) is 0 Å². The van der Waals surface area contributed by atoms with Crippen molar-refractivity contribution in [3.05, 3.63) is 29.6 Å². The fraction of sp³-hybridized carbons (Fsp3) is 0.571. The molecule has 4 heteroatoms. The highest BCUT2D eigenvalue weighted by Crippen LogP contribution is 2.22. The molecule has 0 spiro atoms. The first-order valence-electron chi connectivity index (χ1n) is 6.40. The van der Waals surface area contributed by atoms with Crippen molar-refractivity contribution in [3.63, 3.8) is 0 Å². The fourth-order valence-electron chi connectivity index (χ4n) is 1.66. The Morgan fingerprint density at radius 1 is 1.39 bits per heavy atom. The summed E-state index contributed by atoms with van der Waals surface area (Å²) in [5, 5.41) is 3.23. The van der Waals surface area contributed by atoms with Crippen molar-refractivity contribution < 1.29 is 13.5 Å². The van der Waals surface area contributed by atoms with E-state index in [4.69, 9.17) is 4.74 Å². The molecule has 1 rings (SSSR count). The van der Waals surface area contributed by atoms with E-state index in [-0.39, 0.29) is 18.5 Å². The molecule has 1 aromatic rings. The Bertz CT molecular complexity index is 358. The molecule has 0 saturated heterocycles. The van der Waals surface area contributed by atoms with Crippen LogP contribution in [0.1, 0.15) is 38.3 Å². The van der Waals surface area contributed by atoms with E-state index in [0.717, 1.165) is 13.0 Å². The first-order valence-corrected chi connectivity index (χ1v) is 6.40. The van der Waals surface area contributed by atoms with Crippen molar-refractivity contribution in [3.8, 4) is 5.75 Å². The summed E-state index contributed by atoms with van der Waals surface area (Å²) < 4.78 is 31.0. The van der Waals surface area contributed by atoms with Gasteiger partial charge in [-0.15, -0.1) is 0 Å². The molecule has 1 N–H and O–H groups in total. The summed E-state index contributed by atoms with van der Waals surface area (Å²) in [5.74, 6) is 0.163. The fourth-order valence-corrected chi connectivity index (χ4v) is 1.66. The number of rotatable bonds is 8. The van der Waals surface area contributed by atoms with Gasteiger partial charge in [-0.25, -0.2) is 4.39 Å².